The van der Waals surface area contributed by atoms with E-state index in [1.165, 1.54) is 10.6 Å². The second-order valence-electron chi connectivity index (χ2n) is 7.38. The molecule has 8 nitrogen and oxygen atoms in total. The summed E-state index contributed by atoms with van der Waals surface area (Å²) in [6.07, 6.45) is 5.50. The van der Waals surface area contributed by atoms with Gasteiger partial charge >= 0.3 is 0 Å². The number of aromatic nitrogens is 2. The van der Waals surface area contributed by atoms with Gasteiger partial charge in [0.2, 0.25) is 10.0 Å². The molecule has 0 saturated carbocycles. The summed E-state index contributed by atoms with van der Waals surface area (Å²) in [5, 5.41) is 2.95. The van der Waals surface area contributed by atoms with Crippen molar-refractivity contribution in [3.05, 3.63) is 66.1 Å². The van der Waals surface area contributed by atoms with Gasteiger partial charge in [-0.15, -0.1) is 0 Å². The van der Waals surface area contributed by atoms with Crippen molar-refractivity contribution >= 4 is 27.3 Å². The molecule has 0 radical (unpaired) electrons. The van der Waals surface area contributed by atoms with E-state index in [1.54, 1.807) is 6.20 Å². The monoisotopic (exact) mass is 427 g/mol. The minimum atomic E-state index is -3.17. The first-order valence-electron chi connectivity index (χ1n) is 9.91. The molecule has 1 N–H and O–H groups in total. The Morgan fingerprint density at radius 2 is 1.83 bits per heavy atom. The van der Waals surface area contributed by atoms with Crippen molar-refractivity contribution in [2.75, 3.05) is 43.9 Å². The van der Waals surface area contributed by atoms with Crippen molar-refractivity contribution in [1.29, 1.82) is 0 Å². The van der Waals surface area contributed by atoms with Crippen LogP contribution >= 0.6 is 0 Å². The van der Waals surface area contributed by atoms with Crippen LogP contribution in [0.15, 0.2) is 54.9 Å². The summed E-state index contributed by atoms with van der Waals surface area (Å²) >= 11 is 0. The van der Waals surface area contributed by atoms with Gasteiger partial charge in [-0.1, -0.05) is 6.07 Å². The second-order valence-corrected chi connectivity index (χ2v) is 9.36. The molecule has 1 aliphatic rings. The Kier molecular flexibility index (Phi) is 5.74. The predicted molar refractivity (Wildman–Crippen MR) is 116 cm³/mol. The van der Waals surface area contributed by atoms with Crippen LogP contribution in [0.4, 0.5) is 5.82 Å². The fourth-order valence-electron chi connectivity index (χ4n) is 3.68. The van der Waals surface area contributed by atoms with Gasteiger partial charge in [0.1, 0.15) is 5.82 Å². The molecule has 1 aliphatic heterocycles. The lowest BCUT2D eigenvalue weighted by Crippen LogP contribution is -2.48. The lowest BCUT2D eigenvalue weighted by Gasteiger charge is -2.34. The van der Waals surface area contributed by atoms with Crippen LogP contribution in [-0.2, 0) is 16.4 Å². The molecule has 3 aromatic rings. The average Bonchev–Trinajstić information content (AvgIpc) is 3.17. The number of carbonyl (C=O) groups excluding carboxylic acids is 1. The summed E-state index contributed by atoms with van der Waals surface area (Å²) in [6, 6.07) is 13.5. The minimum absolute atomic E-state index is 0.130. The second kappa shape index (κ2) is 8.45. The van der Waals surface area contributed by atoms with Gasteiger partial charge in [0.25, 0.3) is 5.91 Å². The summed E-state index contributed by atoms with van der Waals surface area (Å²) in [5.41, 5.74) is 2.51. The van der Waals surface area contributed by atoms with Crippen molar-refractivity contribution < 1.29 is 13.2 Å². The van der Waals surface area contributed by atoms with E-state index in [0.29, 0.717) is 44.7 Å². The lowest BCUT2D eigenvalue weighted by atomic mass is 10.2. The molecular weight excluding hydrogens is 402 g/mol. The normalized spacial score (nSPS) is 15.4. The number of nitrogens with zero attached hydrogens (tertiary/aromatic N) is 4. The molecule has 0 aromatic carbocycles. The Hall–Kier alpha value is -2.91. The maximum atomic E-state index is 12.6. The SMILES string of the molecule is CS(=O)(=O)N1CCN(c2ccc3ccc(C(=O)NCCc4ccccn4)cn23)CC1. The van der Waals surface area contributed by atoms with Gasteiger partial charge in [0.15, 0.2) is 0 Å². The zero-order chi connectivity index (χ0) is 21.1. The summed E-state index contributed by atoms with van der Waals surface area (Å²) in [5.74, 6) is 0.829. The molecule has 0 unspecified atom stereocenters. The van der Waals surface area contributed by atoms with Gasteiger partial charge in [-0.05, 0) is 36.4 Å². The van der Waals surface area contributed by atoms with Gasteiger partial charge in [0.05, 0.1) is 11.8 Å². The van der Waals surface area contributed by atoms with Crippen molar-refractivity contribution in [2.45, 2.75) is 6.42 Å². The van der Waals surface area contributed by atoms with Crippen LogP contribution in [0.3, 0.4) is 0 Å². The number of hydrogen-bond acceptors (Lipinski definition) is 5. The molecule has 0 spiro atoms. The topological polar surface area (TPSA) is 87.0 Å². The summed E-state index contributed by atoms with van der Waals surface area (Å²) in [4.78, 5) is 19.0. The Balaban J connectivity index is 1.44. The molecule has 1 amide bonds. The number of pyridine rings is 2. The molecular formula is C21H25N5O3S. The Morgan fingerprint density at radius 3 is 2.53 bits per heavy atom. The highest BCUT2D eigenvalue weighted by Gasteiger charge is 2.24. The largest absolute Gasteiger partial charge is 0.355 e. The first-order chi connectivity index (χ1) is 14.4. The number of amides is 1. The molecule has 4 rings (SSSR count). The summed E-state index contributed by atoms with van der Waals surface area (Å²) in [7, 11) is -3.17. The molecule has 0 atom stereocenters. The first-order valence-corrected chi connectivity index (χ1v) is 11.8. The van der Waals surface area contributed by atoms with Crippen LogP contribution in [0, 0.1) is 0 Å². The molecule has 3 aromatic heterocycles. The Bertz CT molecular complexity index is 1140. The van der Waals surface area contributed by atoms with Crippen molar-refractivity contribution in [2.24, 2.45) is 0 Å². The van der Waals surface area contributed by atoms with E-state index in [4.69, 9.17) is 0 Å². The third-order valence-electron chi connectivity index (χ3n) is 5.32. The molecule has 0 bridgehead atoms. The van der Waals surface area contributed by atoms with Gasteiger partial charge in [-0.25, -0.2) is 8.42 Å². The van der Waals surface area contributed by atoms with E-state index >= 15 is 0 Å². The van der Waals surface area contributed by atoms with E-state index in [9.17, 15) is 13.2 Å². The highest BCUT2D eigenvalue weighted by molar-refractivity contribution is 7.88. The van der Waals surface area contributed by atoms with Crippen LogP contribution in [0.5, 0.6) is 0 Å². The lowest BCUT2D eigenvalue weighted by molar-refractivity contribution is 0.0953. The van der Waals surface area contributed by atoms with Gasteiger partial charge in [-0.2, -0.15) is 4.31 Å². The fraction of sp³-hybridized carbons (Fsp3) is 0.333. The minimum Gasteiger partial charge on any atom is -0.355 e. The fourth-order valence-corrected chi connectivity index (χ4v) is 4.51. The van der Waals surface area contributed by atoms with Gasteiger partial charge < -0.3 is 14.6 Å². The van der Waals surface area contributed by atoms with Crippen LogP contribution < -0.4 is 10.2 Å². The third-order valence-corrected chi connectivity index (χ3v) is 6.62. The summed E-state index contributed by atoms with van der Waals surface area (Å²) in [6.45, 7) is 2.65. The zero-order valence-corrected chi connectivity index (χ0v) is 17.7. The van der Waals surface area contributed by atoms with Gasteiger partial charge in [0, 0.05) is 62.7 Å². The molecule has 1 saturated heterocycles. The number of fused-ring (bicyclic) bond motifs is 1. The van der Waals surface area contributed by atoms with Crippen molar-refractivity contribution in [3.8, 4) is 0 Å². The van der Waals surface area contributed by atoms with Crippen LogP contribution in [0.1, 0.15) is 16.1 Å². The van der Waals surface area contributed by atoms with E-state index in [1.807, 2.05) is 53.1 Å². The van der Waals surface area contributed by atoms with Crippen LogP contribution in [0.25, 0.3) is 5.52 Å². The van der Waals surface area contributed by atoms with Crippen LogP contribution in [0.2, 0.25) is 0 Å². The van der Waals surface area contributed by atoms with Crippen molar-refractivity contribution in [3.63, 3.8) is 0 Å². The number of nitrogens with one attached hydrogen (secondary N) is 1. The summed E-state index contributed by atoms with van der Waals surface area (Å²) < 4.78 is 27.0. The third kappa shape index (κ3) is 4.47. The van der Waals surface area contributed by atoms with E-state index in [-0.39, 0.29) is 5.91 Å². The highest BCUT2D eigenvalue weighted by Crippen LogP contribution is 2.22. The smallest absolute Gasteiger partial charge is 0.252 e. The predicted octanol–water partition coefficient (Wildman–Crippen LogP) is 1.39. The highest BCUT2D eigenvalue weighted by atomic mass is 32.2. The number of hydrogen-bond donors (Lipinski definition) is 1. The number of carbonyl (C=O) groups is 1. The zero-order valence-electron chi connectivity index (χ0n) is 16.9. The number of anilines is 1. The Labute approximate surface area is 176 Å². The molecule has 9 heteroatoms. The average molecular weight is 428 g/mol. The first kappa shape index (κ1) is 20.4. The maximum absolute atomic E-state index is 12.6. The van der Waals surface area contributed by atoms with Crippen molar-refractivity contribution in [1.82, 2.24) is 19.0 Å². The molecule has 0 aliphatic carbocycles. The maximum Gasteiger partial charge on any atom is 0.252 e. The number of rotatable bonds is 6. The number of sulfonamides is 1. The quantitative estimate of drug-likeness (QED) is 0.642. The van der Waals surface area contributed by atoms with Crippen LogP contribution in [-0.4, -0.2) is 67.0 Å². The number of piperazine rings is 1. The standard InChI is InChI=1S/C21H25N5O3S/c1-30(28,29)25-14-12-24(13-15-25)20-8-7-19-6-5-17(16-26(19)20)21(27)23-11-9-18-4-2-3-10-22-18/h2-8,10,16H,9,11-15H2,1H3,(H,23,27). The molecule has 30 heavy (non-hydrogen) atoms. The van der Waals surface area contributed by atoms with E-state index in [0.717, 1.165) is 17.0 Å². The molecule has 158 valence electrons. The molecule has 4 heterocycles. The molecule has 1 fully saturated rings. The van der Waals surface area contributed by atoms with E-state index in [2.05, 4.69) is 15.2 Å². The Morgan fingerprint density at radius 1 is 1.07 bits per heavy atom. The van der Waals surface area contributed by atoms with Gasteiger partial charge in [-0.3, -0.25) is 9.78 Å². The van der Waals surface area contributed by atoms with E-state index < -0.39 is 10.0 Å².